The molecule has 0 amide bonds. The highest BCUT2D eigenvalue weighted by Crippen LogP contribution is 2.24. The van der Waals surface area contributed by atoms with Crippen molar-refractivity contribution < 1.29 is 24.8 Å². The molecule has 8 heteroatoms. The number of hydrogen-bond acceptors (Lipinski definition) is 7. The summed E-state index contributed by atoms with van der Waals surface area (Å²) in [5, 5.41) is 39.4. The van der Waals surface area contributed by atoms with Gasteiger partial charge in [0.2, 0.25) is 0 Å². The molecule has 0 spiro atoms. The first-order valence-corrected chi connectivity index (χ1v) is 8.30. The summed E-state index contributed by atoms with van der Waals surface area (Å²) in [6.07, 6.45) is -3.04. The zero-order valence-corrected chi connectivity index (χ0v) is 13.8. The second-order valence-electron chi connectivity index (χ2n) is 6.26. The van der Waals surface area contributed by atoms with Crippen LogP contribution in [0.1, 0.15) is 11.9 Å². The Labute approximate surface area is 149 Å². The molecule has 1 aliphatic rings. The van der Waals surface area contributed by atoms with Gasteiger partial charge >= 0.3 is 0 Å². The van der Waals surface area contributed by atoms with Crippen LogP contribution in [-0.2, 0) is 11.3 Å². The zero-order valence-electron chi connectivity index (χ0n) is 13.8. The molecule has 3 N–H and O–H groups in total. The Bertz CT molecular complexity index is 899. The minimum atomic E-state index is -1.30. The summed E-state index contributed by atoms with van der Waals surface area (Å²) in [7, 11) is 0. The molecule has 136 valence electrons. The van der Waals surface area contributed by atoms with E-state index in [1.54, 1.807) is 6.20 Å². The number of rotatable bonds is 4. The van der Waals surface area contributed by atoms with Crippen LogP contribution in [0.2, 0.25) is 0 Å². The fourth-order valence-electron chi connectivity index (χ4n) is 2.94. The van der Waals surface area contributed by atoms with Gasteiger partial charge < -0.3 is 24.8 Å². The van der Waals surface area contributed by atoms with Crippen LogP contribution in [0.3, 0.4) is 0 Å². The molecule has 4 atom stereocenters. The summed E-state index contributed by atoms with van der Waals surface area (Å²) in [6.45, 7) is 0.109. The molecule has 1 aliphatic heterocycles. The first-order valence-electron chi connectivity index (χ1n) is 8.30. The summed E-state index contributed by atoms with van der Waals surface area (Å²) in [4.78, 5) is 0. The van der Waals surface area contributed by atoms with Gasteiger partial charge in [-0.3, -0.25) is 0 Å². The number of nitrogens with zero attached hydrogens (tertiary/aromatic N) is 3. The minimum Gasteiger partial charge on any atom is -0.487 e. The SMILES string of the molecule is O[C@@H]1[C@@H](O)[C@H](n2cc(COc3ccc4ccccc4c3)nn2)OC[C@H]1O. The maximum Gasteiger partial charge on any atom is 0.180 e. The molecule has 8 nitrogen and oxygen atoms in total. The number of fused-ring (bicyclic) bond motifs is 1. The Morgan fingerprint density at radius 3 is 2.73 bits per heavy atom. The standard InChI is InChI=1S/C18H19N3O5/c22-15-10-26-18(17(24)16(15)23)21-8-13(19-20-21)9-25-14-6-5-11-3-1-2-4-12(11)7-14/h1-8,15-18,22-24H,9-10H2/t15-,16+,17-,18-/m1/s1. The van der Waals surface area contributed by atoms with E-state index in [1.165, 1.54) is 4.68 Å². The minimum absolute atomic E-state index is 0.0916. The highest BCUT2D eigenvalue weighted by atomic mass is 16.5. The van der Waals surface area contributed by atoms with Crippen molar-refractivity contribution in [3.8, 4) is 5.75 Å². The van der Waals surface area contributed by atoms with Crippen LogP contribution in [0.25, 0.3) is 10.8 Å². The molecule has 0 aliphatic carbocycles. The molecular weight excluding hydrogens is 338 g/mol. The van der Waals surface area contributed by atoms with Gasteiger partial charge in [0.15, 0.2) is 6.23 Å². The van der Waals surface area contributed by atoms with Gasteiger partial charge in [-0.2, -0.15) is 0 Å². The fourth-order valence-corrected chi connectivity index (χ4v) is 2.94. The Morgan fingerprint density at radius 2 is 1.88 bits per heavy atom. The predicted molar refractivity (Wildman–Crippen MR) is 91.3 cm³/mol. The average Bonchev–Trinajstić information content (AvgIpc) is 3.13. The highest BCUT2D eigenvalue weighted by Gasteiger charge is 2.39. The lowest BCUT2D eigenvalue weighted by Gasteiger charge is -2.34. The fraction of sp³-hybridized carbons (Fsp3) is 0.333. The van der Waals surface area contributed by atoms with Crippen LogP contribution >= 0.6 is 0 Å². The van der Waals surface area contributed by atoms with Crippen molar-refractivity contribution in [1.82, 2.24) is 15.0 Å². The summed E-state index contributed by atoms with van der Waals surface area (Å²) in [5.41, 5.74) is 0.551. The lowest BCUT2D eigenvalue weighted by Crippen LogP contribution is -2.50. The molecule has 3 aromatic rings. The Hall–Kier alpha value is -2.52. The number of hydrogen-bond donors (Lipinski definition) is 3. The van der Waals surface area contributed by atoms with Gasteiger partial charge in [-0.15, -0.1) is 5.10 Å². The van der Waals surface area contributed by atoms with Gasteiger partial charge in [-0.05, 0) is 22.9 Å². The van der Waals surface area contributed by atoms with Crippen LogP contribution < -0.4 is 4.74 Å². The van der Waals surface area contributed by atoms with Crippen LogP contribution in [0, 0.1) is 0 Å². The normalized spacial score (nSPS) is 26.1. The average molecular weight is 357 g/mol. The van der Waals surface area contributed by atoms with Crippen LogP contribution in [0.5, 0.6) is 5.75 Å². The Balaban J connectivity index is 1.43. The summed E-state index contributed by atoms with van der Waals surface area (Å²) in [5.74, 6) is 0.714. The number of benzene rings is 2. The van der Waals surface area contributed by atoms with E-state index in [-0.39, 0.29) is 13.2 Å². The monoisotopic (exact) mass is 357 g/mol. The maximum atomic E-state index is 10.0. The molecule has 2 aromatic carbocycles. The maximum absolute atomic E-state index is 10.0. The van der Waals surface area contributed by atoms with Gasteiger partial charge in [0.05, 0.1) is 12.8 Å². The molecule has 1 aromatic heterocycles. The molecule has 1 fully saturated rings. The lowest BCUT2D eigenvalue weighted by molar-refractivity contribution is -0.214. The molecule has 2 heterocycles. The highest BCUT2D eigenvalue weighted by molar-refractivity contribution is 5.83. The van der Waals surface area contributed by atoms with E-state index in [4.69, 9.17) is 9.47 Å². The molecule has 0 unspecified atom stereocenters. The van der Waals surface area contributed by atoms with Crippen molar-refractivity contribution in [2.75, 3.05) is 6.61 Å². The predicted octanol–water partition coefficient (Wildman–Crippen LogP) is 0.622. The van der Waals surface area contributed by atoms with Crippen LogP contribution in [0.4, 0.5) is 0 Å². The quantitative estimate of drug-likeness (QED) is 0.628. The van der Waals surface area contributed by atoms with E-state index in [2.05, 4.69) is 10.3 Å². The second kappa shape index (κ2) is 7.00. The first-order chi connectivity index (χ1) is 12.6. The molecular formula is C18H19N3O5. The zero-order chi connectivity index (χ0) is 18.1. The molecule has 1 saturated heterocycles. The number of ether oxygens (including phenoxy) is 2. The van der Waals surface area contributed by atoms with E-state index in [0.717, 1.165) is 10.8 Å². The summed E-state index contributed by atoms with van der Waals surface area (Å²) < 4.78 is 12.4. The van der Waals surface area contributed by atoms with Crippen molar-refractivity contribution in [3.63, 3.8) is 0 Å². The van der Waals surface area contributed by atoms with Crippen molar-refractivity contribution in [2.45, 2.75) is 31.1 Å². The topological polar surface area (TPSA) is 110 Å². The third-order valence-corrected chi connectivity index (χ3v) is 4.40. The van der Waals surface area contributed by atoms with E-state index < -0.39 is 24.5 Å². The van der Waals surface area contributed by atoms with Gasteiger partial charge in [0.25, 0.3) is 0 Å². The number of aliphatic hydroxyl groups is 3. The molecule has 4 rings (SSSR count). The van der Waals surface area contributed by atoms with E-state index in [0.29, 0.717) is 11.4 Å². The number of aromatic nitrogens is 3. The first kappa shape index (κ1) is 16.9. The van der Waals surface area contributed by atoms with Crippen molar-refractivity contribution in [2.24, 2.45) is 0 Å². The van der Waals surface area contributed by atoms with E-state index >= 15 is 0 Å². The van der Waals surface area contributed by atoms with E-state index in [1.807, 2.05) is 42.5 Å². The van der Waals surface area contributed by atoms with Crippen LogP contribution in [0.15, 0.2) is 48.7 Å². The van der Waals surface area contributed by atoms with Gasteiger partial charge in [-0.1, -0.05) is 35.5 Å². The van der Waals surface area contributed by atoms with Crippen LogP contribution in [-0.4, -0.2) is 55.2 Å². The number of aliphatic hydroxyl groups excluding tert-OH is 3. The smallest absolute Gasteiger partial charge is 0.180 e. The van der Waals surface area contributed by atoms with Gasteiger partial charge in [0.1, 0.15) is 36.4 Å². The summed E-state index contributed by atoms with van der Waals surface area (Å²) in [6, 6.07) is 13.8. The van der Waals surface area contributed by atoms with Gasteiger partial charge in [0, 0.05) is 0 Å². The largest absolute Gasteiger partial charge is 0.487 e. The molecule has 0 bridgehead atoms. The van der Waals surface area contributed by atoms with Crippen molar-refractivity contribution >= 4 is 10.8 Å². The molecule has 0 saturated carbocycles. The Kier molecular flexibility index (Phi) is 4.56. The van der Waals surface area contributed by atoms with E-state index in [9.17, 15) is 15.3 Å². The lowest BCUT2D eigenvalue weighted by atomic mass is 10.0. The molecule has 0 radical (unpaired) electrons. The van der Waals surface area contributed by atoms with Crippen molar-refractivity contribution in [1.29, 1.82) is 0 Å². The summed E-state index contributed by atoms with van der Waals surface area (Å²) >= 11 is 0. The second-order valence-corrected chi connectivity index (χ2v) is 6.26. The third kappa shape index (κ3) is 3.27. The van der Waals surface area contributed by atoms with Crippen molar-refractivity contribution in [3.05, 3.63) is 54.4 Å². The molecule has 26 heavy (non-hydrogen) atoms. The Morgan fingerprint density at radius 1 is 1.08 bits per heavy atom. The van der Waals surface area contributed by atoms with Gasteiger partial charge in [-0.25, -0.2) is 4.68 Å². The third-order valence-electron chi connectivity index (χ3n) is 4.40.